The molecular formula is C18H17F3N2O2. The zero-order chi connectivity index (χ0) is 18.4. The third-order valence-corrected chi connectivity index (χ3v) is 3.59. The Morgan fingerprint density at radius 3 is 2.32 bits per heavy atom. The van der Waals surface area contributed by atoms with Crippen LogP contribution in [0.15, 0.2) is 54.6 Å². The van der Waals surface area contributed by atoms with Crippen LogP contribution in [0, 0.1) is 0 Å². The van der Waals surface area contributed by atoms with E-state index in [1.807, 2.05) is 37.3 Å². The Hall–Kier alpha value is -2.83. The van der Waals surface area contributed by atoms with Crippen molar-refractivity contribution in [2.24, 2.45) is 0 Å². The van der Waals surface area contributed by atoms with E-state index in [1.165, 1.54) is 6.07 Å². The second-order valence-electron chi connectivity index (χ2n) is 5.55. The molecule has 0 heterocycles. The standard InChI is InChI=1S/C18H17F3N2O2/c1-12(13-6-3-2-4-7-13)11-22-16(24)17(25)23-15-9-5-8-14(10-15)18(19,20)21/h2-10,12H,11H2,1H3,(H,22,24)(H,23,25). The maximum absolute atomic E-state index is 12.6. The fraction of sp³-hybridized carbons (Fsp3) is 0.222. The van der Waals surface area contributed by atoms with Gasteiger partial charge in [0.05, 0.1) is 5.56 Å². The van der Waals surface area contributed by atoms with Crippen molar-refractivity contribution in [1.82, 2.24) is 5.32 Å². The van der Waals surface area contributed by atoms with Crippen molar-refractivity contribution in [2.75, 3.05) is 11.9 Å². The Kier molecular flexibility index (Phi) is 5.80. The first-order valence-corrected chi connectivity index (χ1v) is 7.59. The van der Waals surface area contributed by atoms with E-state index in [2.05, 4.69) is 10.6 Å². The van der Waals surface area contributed by atoms with Crippen LogP contribution >= 0.6 is 0 Å². The summed E-state index contributed by atoms with van der Waals surface area (Å²) in [5, 5.41) is 4.64. The molecule has 0 aliphatic carbocycles. The predicted molar refractivity (Wildman–Crippen MR) is 87.9 cm³/mol. The number of halogens is 3. The van der Waals surface area contributed by atoms with E-state index in [-0.39, 0.29) is 18.2 Å². The van der Waals surface area contributed by atoms with Crippen LogP contribution in [-0.4, -0.2) is 18.4 Å². The summed E-state index contributed by atoms with van der Waals surface area (Å²) in [4.78, 5) is 23.6. The number of carbonyl (C=O) groups excluding carboxylic acids is 2. The molecule has 0 aromatic heterocycles. The maximum Gasteiger partial charge on any atom is 0.416 e. The number of amides is 2. The van der Waals surface area contributed by atoms with Gasteiger partial charge in [0.15, 0.2) is 0 Å². The Morgan fingerprint density at radius 1 is 1.00 bits per heavy atom. The molecule has 0 fully saturated rings. The highest BCUT2D eigenvalue weighted by Gasteiger charge is 2.30. The van der Waals surface area contributed by atoms with E-state index >= 15 is 0 Å². The molecule has 4 nitrogen and oxygen atoms in total. The van der Waals surface area contributed by atoms with E-state index in [0.29, 0.717) is 0 Å². The molecule has 0 spiro atoms. The first-order valence-electron chi connectivity index (χ1n) is 7.59. The van der Waals surface area contributed by atoms with Crippen LogP contribution in [0.4, 0.5) is 18.9 Å². The first-order chi connectivity index (χ1) is 11.8. The fourth-order valence-corrected chi connectivity index (χ4v) is 2.19. The van der Waals surface area contributed by atoms with Gasteiger partial charge in [-0.25, -0.2) is 0 Å². The minimum absolute atomic E-state index is 0.00786. The van der Waals surface area contributed by atoms with Gasteiger partial charge < -0.3 is 10.6 Å². The molecule has 25 heavy (non-hydrogen) atoms. The van der Waals surface area contributed by atoms with E-state index in [9.17, 15) is 22.8 Å². The Labute approximate surface area is 143 Å². The summed E-state index contributed by atoms with van der Waals surface area (Å²) in [6, 6.07) is 13.5. The van der Waals surface area contributed by atoms with Gasteiger partial charge in [-0.15, -0.1) is 0 Å². The SMILES string of the molecule is CC(CNC(=O)C(=O)Nc1cccc(C(F)(F)F)c1)c1ccccc1. The van der Waals surface area contributed by atoms with Crippen LogP contribution in [0.2, 0.25) is 0 Å². The van der Waals surface area contributed by atoms with Crippen molar-refractivity contribution in [3.05, 3.63) is 65.7 Å². The van der Waals surface area contributed by atoms with Gasteiger partial charge in [0.25, 0.3) is 0 Å². The summed E-state index contributed by atoms with van der Waals surface area (Å²) in [5.74, 6) is -1.92. The van der Waals surface area contributed by atoms with Crippen molar-refractivity contribution in [3.63, 3.8) is 0 Å². The number of hydrogen-bond acceptors (Lipinski definition) is 2. The lowest BCUT2D eigenvalue weighted by atomic mass is 10.0. The van der Waals surface area contributed by atoms with Crippen molar-refractivity contribution in [2.45, 2.75) is 19.0 Å². The normalized spacial score (nSPS) is 12.3. The van der Waals surface area contributed by atoms with Crippen LogP contribution < -0.4 is 10.6 Å². The maximum atomic E-state index is 12.6. The first kappa shape index (κ1) is 18.5. The van der Waals surface area contributed by atoms with Gasteiger partial charge in [0.1, 0.15) is 0 Å². The number of hydrogen-bond donors (Lipinski definition) is 2. The fourth-order valence-electron chi connectivity index (χ4n) is 2.19. The molecule has 132 valence electrons. The van der Waals surface area contributed by atoms with E-state index in [1.54, 1.807) is 0 Å². The highest BCUT2D eigenvalue weighted by atomic mass is 19.4. The van der Waals surface area contributed by atoms with Crippen LogP contribution in [0.5, 0.6) is 0 Å². The molecule has 2 aromatic rings. The van der Waals surface area contributed by atoms with Gasteiger partial charge in [-0.1, -0.05) is 43.3 Å². The number of rotatable bonds is 4. The smallest absolute Gasteiger partial charge is 0.347 e. The van der Waals surface area contributed by atoms with Crippen molar-refractivity contribution in [1.29, 1.82) is 0 Å². The van der Waals surface area contributed by atoms with Crippen LogP contribution in [-0.2, 0) is 15.8 Å². The van der Waals surface area contributed by atoms with E-state index < -0.39 is 23.6 Å². The van der Waals surface area contributed by atoms with Crippen molar-refractivity contribution in [3.8, 4) is 0 Å². The lowest BCUT2D eigenvalue weighted by Crippen LogP contribution is -2.37. The molecule has 7 heteroatoms. The summed E-state index contributed by atoms with van der Waals surface area (Å²) in [6.07, 6.45) is -4.52. The molecule has 0 bridgehead atoms. The van der Waals surface area contributed by atoms with Gasteiger partial charge in [0, 0.05) is 12.2 Å². The number of benzene rings is 2. The molecule has 2 amide bonds. The molecule has 1 atom stereocenters. The third-order valence-electron chi connectivity index (χ3n) is 3.59. The predicted octanol–water partition coefficient (Wildman–Crippen LogP) is 3.56. The lowest BCUT2D eigenvalue weighted by molar-refractivity contribution is -0.137. The monoisotopic (exact) mass is 350 g/mol. The molecule has 0 saturated carbocycles. The van der Waals surface area contributed by atoms with E-state index in [4.69, 9.17) is 0 Å². The van der Waals surface area contributed by atoms with Gasteiger partial charge in [0.2, 0.25) is 0 Å². The summed E-state index contributed by atoms with van der Waals surface area (Å²) in [5.41, 5.74) is 0.00979. The quantitative estimate of drug-likeness (QED) is 0.829. The molecule has 1 unspecified atom stereocenters. The Morgan fingerprint density at radius 2 is 1.68 bits per heavy atom. The number of alkyl halides is 3. The van der Waals surface area contributed by atoms with Gasteiger partial charge in [-0.05, 0) is 29.7 Å². The largest absolute Gasteiger partial charge is 0.416 e. The van der Waals surface area contributed by atoms with Gasteiger partial charge in [-0.2, -0.15) is 13.2 Å². The number of anilines is 1. The zero-order valence-corrected chi connectivity index (χ0v) is 13.4. The number of nitrogens with one attached hydrogen (secondary N) is 2. The average molecular weight is 350 g/mol. The molecule has 2 aromatic carbocycles. The summed E-state index contributed by atoms with van der Waals surface area (Å²) < 4.78 is 37.9. The Balaban J connectivity index is 1.91. The molecular weight excluding hydrogens is 333 g/mol. The van der Waals surface area contributed by atoms with Crippen LogP contribution in [0.3, 0.4) is 0 Å². The highest BCUT2D eigenvalue weighted by molar-refractivity contribution is 6.39. The second kappa shape index (κ2) is 7.83. The van der Waals surface area contributed by atoms with Crippen LogP contribution in [0.25, 0.3) is 0 Å². The highest BCUT2D eigenvalue weighted by Crippen LogP contribution is 2.30. The van der Waals surface area contributed by atoms with Gasteiger partial charge >= 0.3 is 18.0 Å². The third kappa shape index (κ3) is 5.34. The minimum Gasteiger partial charge on any atom is -0.347 e. The topological polar surface area (TPSA) is 58.2 Å². The van der Waals surface area contributed by atoms with Crippen molar-refractivity contribution >= 4 is 17.5 Å². The van der Waals surface area contributed by atoms with E-state index in [0.717, 1.165) is 23.8 Å². The molecule has 2 rings (SSSR count). The Bertz CT molecular complexity index is 745. The number of carbonyl (C=O) groups is 2. The van der Waals surface area contributed by atoms with Crippen LogP contribution in [0.1, 0.15) is 24.0 Å². The average Bonchev–Trinajstić information content (AvgIpc) is 2.59. The lowest BCUT2D eigenvalue weighted by Gasteiger charge is -2.13. The summed E-state index contributed by atoms with van der Waals surface area (Å²) in [7, 11) is 0. The van der Waals surface area contributed by atoms with Gasteiger partial charge in [-0.3, -0.25) is 9.59 Å². The molecule has 0 saturated heterocycles. The minimum atomic E-state index is -4.52. The van der Waals surface area contributed by atoms with Crippen molar-refractivity contribution < 1.29 is 22.8 Å². The molecule has 0 aliphatic rings. The molecule has 0 radical (unpaired) electrons. The summed E-state index contributed by atoms with van der Waals surface area (Å²) in [6.45, 7) is 2.12. The zero-order valence-electron chi connectivity index (χ0n) is 13.4. The molecule has 2 N–H and O–H groups in total. The second-order valence-corrected chi connectivity index (χ2v) is 5.55. The summed E-state index contributed by atoms with van der Waals surface area (Å²) >= 11 is 0. The molecule has 0 aliphatic heterocycles.